The lowest BCUT2D eigenvalue weighted by Gasteiger charge is -2.16. The molecule has 3 nitrogen and oxygen atoms in total. The van der Waals surface area contributed by atoms with Gasteiger partial charge < -0.3 is 10.1 Å². The molecule has 2 rings (SSSR count). The lowest BCUT2D eigenvalue weighted by molar-refractivity contribution is -0.137. The molecule has 0 aromatic heterocycles. The molecule has 0 radical (unpaired) electrons. The zero-order valence-electron chi connectivity index (χ0n) is 12.3. The molecule has 1 aliphatic rings. The topological polar surface area (TPSA) is 38.3 Å². The normalized spacial score (nSPS) is 16.9. The number of hydrogen-bond acceptors (Lipinski definition) is 2. The summed E-state index contributed by atoms with van der Waals surface area (Å²) in [6, 6.07) is 4.70. The van der Waals surface area contributed by atoms with Crippen molar-refractivity contribution >= 4 is 5.91 Å². The van der Waals surface area contributed by atoms with Gasteiger partial charge in [-0.05, 0) is 31.0 Å². The molecule has 1 aromatic rings. The molecule has 1 fully saturated rings. The highest BCUT2D eigenvalue weighted by Gasteiger charge is 2.30. The Labute approximate surface area is 127 Å². The van der Waals surface area contributed by atoms with Crippen molar-refractivity contribution in [1.29, 1.82) is 0 Å². The lowest BCUT2D eigenvalue weighted by Crippen LogP contribution is -2.37. The molecule has 1 aromatic carbocycles. The number of carbonyl (C=O) groups is 1. The van der Waals surface area contributed by atoms with Crippen LogP contribution in [0.4, 0.5) is 13.2 Å². The van der Waals surface area contributed by atoms with Crippen LogP contribution >= 0.6 is 0 Å². The molecule has 6 heteroatoms. The number of rotatable bonds is 4. The number of carbonyl (C=O) groups excluding carboxylic acids is 1. The number of benzene rings is 1. The van der Waals surface area contributed by atoms with E-state index >= 15 is 0 Å². The molecule has 0 heterocycles. The van der Waals surface area contributed by atoms with Crippen molar-refractivity contribution in [2.24, 2.45) is 0 Å². The molecule has 0 saturated heterocycles. The van der Waals surface area contributed by atoms with E-state index in [0.717, 1.165) is 37.8 Å². The van der Waals surface area contributed by atoms with Gasteiger partial charge in [-0.3, -0.25) is 4.79 Å². The van der Waals surface area contributed by atoms with Crippen LogP contribution < -0.4 is 10.1 Å². The van der Waals surface area contributed by atoms with Gasteiger partial charge in [-0.1, -0.05) is 31.7 Å². The third-order valence-electron chi connectivity index (χ3n) is 3.75. The van der Waals surface area contributed by atoms with Crippen LogP contribution in [0.1, 0.15) is 44.1 Å². The van der Waals surface area contributed by atoms with Crippen LogP contribution in [-0.4, -0.2) is 18.6 Å². The number of ether oxygens (including phenoxy) is 1. The van der Waals surface area contributed by atoms with E-state index in [1.165, 1.54) is 25.0 Å². The van der Waals surface area contributed by atoms with Gasteiger partial charge in [0.25, 0.3) is 5.91 Å². The van der Waals surface area contributed by atoms with Crippen LogP contribution in [0.5, 0.6) is 5.75 Å². The minimum absolute atomic E-state index is 0.0471. The summed E-state index contributed by atoms with van der Waals surface area (Å²) in [6.07, 6.45) is 2.06. The van der Waals surface area contributed by atoms with Crippen molar-refractivity contribution in [3.05, 3.63) is 29.8 Å². The minimum Gasteiger partial charge on any atom is -0.484 e. The third-order valence-corrected chi connectivity index (χ3v) is 3.75. The van der Waals surface area contributed by atoms with Crippen molar-refractivity contribution in [2.45, 2.75) is 50.7 Å². The van der Waals surface area contributed by atoms with Crippen LogP contribution in [0.3, 0.4) is 0 Å². The van der Waals surface area contributed by atoms with Crippen LogP contribution in [-0.2, 0) is 11.0 Å². The first-order valence-electron chi connectivity index (χ1n) is 7.54. The minimum atomic E-state index is -4.41. The second-order valence-corrected chi connectivity index (χ2v) is 5.57. The predicted molar refractivity (Wildman–Crippen MR) is 76.6 cm³/mol. The van der Waals surface area contributed by atoms with Crippen LogP contribution in [0.25, 0.3) is 0 Å². The Morgan fingerprint density at radius 3 is 2.50 bits per heavy atom. The number of hydrogen-bond donors (Lipinski definition) is 1. The first kappa shape index (κ1) is 16.6. The molecule has 1 saturated carbocycles. The van der Waals surface area contributed by atoms with E-state index < -0.39 is 11.7 Å². The van der Waals surface area contributed by atoms with Crippen molar-refractivity contribution in [3.63, 3.8) is 0 Å². The van der Waals surface area contributed by atoms with Gasteiger partial charge in [-0.2, -0.15) is 13.2 Å². The lowest BCUT2D eigenvalue weighted by atomic mass is 10.1. The molecule has 0 bridgehead atoms. The number of alkyl halides is 3. The largest absolute Gasteiger partial charge is 0.484 e. The highest BCUT2D eigenvalue weighted by Crippen LogP contribution is 2.31. The fraction of sp³-hybridized carbons (Fsp3) is 0.562. The Hall–Kier alpha value is -1.72. The van der Waals surface area contributed by atoms with E-state index in [4.69, 9.17) is 4.74 Å². The van der Waals surface area contributed by atoms with E-state index in [0.29, 0.717) is 0 Å². The summed E-state index contributed by atoms with van der Waals surface area (Å²) >= 11 is 0. The molecule has 1 N–H and O–H groups in total. The molecule has 122 valence electrons. The maximum Gasteiger partial charge on any atom is 0.416 e. The molecule has 1 amide bonds. The number of nitrogens with one attached hydrogen (secondary N) is 1. The Bertz CT molecular complexity index is 494. The zero-order chi connectivity index (χ0) is 16.0. The Balaban J connectivity index is 1.83. The number of halogens is 3. The van der Waals surface area contributed by atoms with Gasteiger partial charge in [0.15, 0.2) is 6.61 Å². The summed E-state index contributed by atoms with van der Waals surface area (Å²) in [4.78, 5) is 11.8. The average Bonchev–Trinajstić information content (AvgIpc) is 2.73. The summed E-state index contributed by atoms with van der Waals surface area (Å²) in [5.74, 6) is -0.241. The van der Waals surface area contributed by atoms with Crippen molar-refractivity contribution in [2.75, 3.05) is 6.61 Å². The first-order chi connectivity index (χ1) is 10.4. The fourth-order valence-electron chi connectivity index (χ4n) is 2.60. The highest BCUT2D eigenvalue weighted by atomic mass is 19.4. The van der Waals surface area contributed by atoms with E-state index in [1.54, 1.807) is 0 Å². The molecular formula is C16H20F3NO2. The van der Waals surface area contributed by atoms with Crippen molar-refractivity contribution in [1.82, 2.24) is 5.32 Å². The zero-order valence-corrected chi connectivity index (χ0v) is 12.3. The summed E-state index contributed by atoms with van der Waals surface area (Å²) in [7, 11) is 0. The summed E-state index contributed by atoms with van der Waals surface area (Å²) in [6.45, 7) is -0.266. The summed E-state index contributed by atoms with van der Waals surface area (Å²) in [5, 5.41) is 2.89. The molecule has 22 heavy (non-hydrogen) atoms. The summed E-state index contributed by atoms with van der Waals surface area (Å²) in [5.41, 5.74) is -0.783. The Kier molecular flexibility index (Phi) is 5.69. The smallest absolute Gasteiger partial charge is 0.416 e. The molecular weight excluding hydrogens is 295 g/mol. The average molecular weight is 315 g/mol. The standard InChI is InChI=1S/C16H20F3NO2/c17-16(18,19)12-6-5-9-14(10-12)22-11-15(21)20-13-7-3-1-2-4-8-13/h5-6,9-10,13H,1-4,7-8,11H2,(H,20,21). The molecule has 0 atom stereocenters. The van der Waals surface area contributed by atoms with Crippen LogP contribution in [0.15, 0.2) is 24.3 Å². The van der Waals surface area contributed by atoms with E-state index in [2.05, 4.69) is 5.32 Å². The maximum absolute atomic E-state index is 12.6. The third kappa shape index (κ3) is 5.24. The van der Waals surface area contributed by atoms with E-state index in [-0.39, 0.29) is 24.3 Å². The quantitative estimate of drug-likeness (QED) is 0.855. The molecule has 0 spiro atoms. The first-order valence-corrected chi connectivity index (χ1v) is 7.54. The SMILES string of the molecule is O=C(COc1cccc(C(F)(F)F)c1)NC1CCCCCC1. The van der Waals surface area contributed by atoms with Gasteiger partial charge >= 0.3 is 6.18 Å². The predicted octanol–water partition coefficient (Wildman–Crippen LogP) is 3.92. The van der Waals surface area contributed by atoms with Crippen molar-refractivity contribution < 1.29 is 22.7 Å². The second kappa shape index (κ2) is 7.51. The highest BCUT2D eigenvalue weighted by molar-refractivity contribution is 5.77. The van der Waals surface area contributed by atoms with Gasteiger partial charge in [0, 0.05) is 6.04 Å². The van der Waals surface area contributed by atoms with Gasteiger partial charge in [0.1, 0.15) is 5.75 Å². The van der Waals surface area contributed by atoms with Gasteiger partial charge in [0.05, 0.1) is 5.56 Å². The number of amides is 1. The van der Waals surface area contributed by atoms with Crippen LogP contribution in [0.2, 0.25) is 0 Å². The van der Waals surface area contributed by atoms with Gasteiger partial charge in [-0.15, -0.1) is 0 Å². The molecule has 1 aliphatic carbocycles. The Morgan fingerprint density at radius 2 is 1.86 bits per heavy atom. The van der Waals surface area contributed by atoms with Crippen molar-refractivity contribution in [3.8, 4) is 5.75 Å². The van der Waals surface area contributed by atoms with E-state index in [9.17, 15) is 18.0 Å². The summed E-state index contributed by atoms with van der Waals surface area (Å²) < 4.78 is 42.9. The van der Waals surface area contributed by atoms with E-state index in [1.807, 2.05) is 0 Å². The fourth-order valence-corrected chi connectivity index (χ4v) is 2.60. The second-order valence-electron chi connectivity index (χ2n) is 5.57. The molecule has 0 unspecified atom stereocenters. The molecule has 0 aliphatic heterocycles. The maximum atomic E-state index is 12.6. The van der Waals surface area contributed by atoms with Crippen LogP contribution in [0, 0.1) is 0 Å². The Morgan fingerprint density at radius 1 is 1.18 bits per heavy atom. The van der Waals surface area contributed by atoms with Gasteiger partial charge in [-0.25, -0.2) is 0 Å². The van der Waals surface area contributed by atoms with Gasteiger partial charge in [0.2, 0.25) is 0 Å². The monoisotopic (exact) mass is 315 g/mol.